The summed E-state index contributed by atoms with van der Waals surface area (Å²) in [6.45, 7) is 0.419. The molecular formula is C16H15BrClNO2. The largest absolute Gasteiger partial charge is 0.380 e. The molecule has 21 heavy (non-hydrogen) atoms. The van der Waals surface area contributed by atoms with Gasteiger partial charge >= 0.3 is 0 Å². The maximum Gasteiger partial charge on any atom is 0.255 e. The first-order valence-corrected chi connectivity index (χ1v) is 7.71. The van der Waals surface area contributed by atoms with Gasteiger partial charge in [-0.15, -0.1) is 11.6 Å². The molecule has 0 aliphatic heterocycles. The van der Waals surface area contributed by atoms with E-state index in [1.165, 1.54) is 0 Å². The summed E-state index contributed by atoms with van der Waals surface area (Å²) < 4.78 is 6.07. The van der Waals surface area contributed by atoms with Crippen molar-refractivity contribution in [1.29, 1.82) is 0 Å². The number of carbonyl (C=O) groups is 1. The highest BCUT2D eigenvalue weighted by atomic mass is 79.9. The minimum absolute atomic E-state index is 0.161. The van der Waals surface area contributed by atoms with E-state index in [2.05, 4.69) is 21.2 Å². The highest BCUT2D eigenvalue weighted by molar-refractivity contribution is 9.10. The van der Waals surface area contributed by atoms with Crippen molar-refractivity contribution < 1.29 is 9.53 Å². The number of ether oxygens (including phenoxy) is 1. The number of hydrogen-bond acceptors (Lipinski definition) is 2. The van der Waals surface area contributed by atoms with Gasteiger partial charge in [-0.1, -0.05) is 34.1 Å². The van der Waals surface area contributed by atoms with Crippen LogP contribution >= 0.6 is 27.5 Å². The van der Waals surface area contributed by atoms with Crippen LogP contribution in [0.2, 0.25) is 0 Å². The van der Waals surface area contributed by atoms with E-state index in [0.29, 0.717) is 18.1 Å². The second-order valence-corrected chi connectivity index (χ2v) is 5.61. The van der Waals surface area contributed by atoms with Crippen molar-refractivity contribution in [1.82, 2.24) is 0 Å². The third kappa shape index (κ3) is 4.06. The molecule has 0 saturated carbocycles. The molecule has 1 amide bonds. The maximum absolute atomic E-state index is 12.3. The van der Waals surface area contributed by atoms with Crippen LogP contribution in [-0.2, 0) is 17.2 Å². The molecule has 5 heteroatoms. The van der Waals surface area contributed by atoms with E-state index >= 15 is 0 Å². The average Bonchev–Trinajstić information content (AvgIpc) is 2.51. The highest BCUT2D eigenvalue weighted by Crippen LogP contribution is 2.26. The maximum atomic E-state index is 12.3. The Morgan fingerprint density at radius 2 is 1.95 bits per heavy atom. The van der Waals surface area contributed by atoms with Crippen molar-refractivity contribution in [3.63, 3.8) is 0 Å². The molecular weight excluding hydrogens is 354 g/mol. The van der Waals surface area contributed by atoms with Crippen molar-refractivity contribution in [2.45, 2.75) is 12.5 Å². The van der Waals surface area contributed by atoms with Gasteiger partial charge in [0.15, 0.2) is 0 Å². The number of carbonyl (C=O) groups excluding carboxylic acids is 1. The lowest BCUT2D eigenvalue weighted by molar-refractivity contribution is 0.102. The summed E-state index contributed by atoms with van der Waals surface area (Å²) in [5.74, 6) is 0.275. The molecule has 0 saturated heterocycles. The molecule has 0 heterocycles. The van der Waals surface area contributed by atoms with Gasteiger partial charge in [0.05, 0.1) is 6.61 Å². The zero-order valence-corrected chi connectivity index (χ0v) is 13.9. The van der Waals surface area contributed by atoms with E-state index in [1.807, 2.05) is 30.3 Å². The van der Waals surface area contributed by atoms with Crippen LogP contribution in [0, 0.1) is 0 Å². The molecule has 0 spiro atoms. The standard InChI is InChI=1S/C16H15BrClNO2/c1-21-10-13-14(17)3-2-4-15(13)19-16(20)12-7-5-11(9-18)6-8-12/h2-8H,9-10H2,1H3,(H,19,20). The van der Waals surface area contributed by atoms with Crippen molar-refractivity contribution >= 4 is 39.1 Å². The molecule has 0 radical (unpaired) electrons. The molecule has 0 unspecified atom stereocenters. The van der Waals surface area contributed by atoms with E-state index in [9.17, 15) is 4.79 Å². The summed E-state index contributed by atoms with van der Waals surface area (Å²) in [5.41, 5.74) is 3.21. The van der Waals surface area contributed by atoms with Crippen molar-refractivity contribution in [2.24, 2.45) is 0 Å². The molecule has 2 aromatic carbocycles. The van der Waals surface area contributed by atoms with Gasteiger partial charge in [-0.25, -0.2) is 0 Å². The third-order valence-electron chi connectivity index (χ3n) is 3.03. The SMILES string of the molecule is COCc1c(Br)cccc1NC(=O)c1ccc(CCl)cc1. The number of nitrogens with one attached hydrogen (secondary N) is 1. The number of anilines is 1. The second kappa shape index (κ2) is 7.59. The first kappa shape index (κ1) is 16.0. The second-order valence-electron chi connectivity index (χ2n) is 4.48. The van der Waals surface area contributed by atoms with E-state index in [1.54, 1.807) is 19.2 Å². The topological polar surface area (TPSA) is 38.3 Å². The molecule has 3 nitrogen and oxygen atoms in total. The van der Waals surface area contributed by atoms with E-state index < -0.39 is 0 Å². The predicted molar refractivity (Wildman–Crippen MR) is 88.8 cm³/mol. The number of alkyl halides is 1. The first-order valence-electron chi connectivity index (χ1n) is 6.38. The van der Waals surface area contributed by atoms with Crippen LogP contribution in [-0.4, -0.2) is 13.0 Å². The third-order valence-corrected chi connectivity index (χ3v) is 4.08. The lowest BCUT2D eigenvalue weighted by Crippen LogP contribution is -2.13. The number of rotatable bonds is 5. The number of halogens is 2. The van der Waals surface area contributed by atoms with Gasteiger partial charge < -0.3 is 10.1 Å². The van der Waals surface area contributed by atoms with Gasteiger partial charge in [0.2, 0.25) is 0 Å². The Hall–Kier alpha value is -1.36. The Morgan fingerprint density at radius 3 is 2.57 bits per heavy atom. The van der Waals surface area contributed by atoms with E-state index in [4.69, 9.17) is 16.3 Å². The van der Waals surface area contributed by atoms with Gasteiger partial charge in [0.25, 0.3) is 5.91 Å². The van der Waals surface area contributed by atoms with Gasteiger partial charge in [0.1, 0.15) is 0 Å². The lowest BCUT2D eigenvalue weighted by atomic mass is 10.1. The Bertz CT molecular complexity index is 629. The fourth-order valence-electron chi connectivity index (χ4n) is 1.91. The van der Waals surface area contributed by atoms with Crippen molar-refractivity contribution in [3.8, 4) is 0 Å². The van der Waals surface area contributed by atoms with E-state index in [-0.39, 0.29) is 5.91 Å². The number of methoxy groups -OCH3 is 1. The summed E-state index contributed by atoms with van der Waals surface area (Å²) in [4.78, 5) is 12.3. The Morgan fingerprint density at radius 1 is 1.24 bits per heavy atom. The number of amides is 1. The summed E-state index contributed by atoms with van der Waals surface area (Å²) in [7, 11) is 1.62. The monoisotopic (exact) mass is 367 g/mol. The molecule has 2 aromatic rings. The Kier molecular flexibility index (Phi) is 5.79. The molecule has 1 N–H and O–H groups in total. The number of benzene rings is 2. The zero-order valence-electron chi connectivity index (χ0n) is 11.5. The minimum Gasteiger partial charge on any atom is -0.380 e. The van der Waals surface area contributed by atoms with Crippen LogP contribution in [0.4, 0.5) is 5.69 Å². The van der Waals surface area contributed by atoms with Gasteiger partial charge in [-0.3, -0.25) is 4.79 Å². The molecule has 0 fully saturated rings. The summed E-state index contributed by atoms with van der Waals surface area (Å²) >= 11 is 9.21. The fraction of sp³-hybridized carbons (Fsp3) is 0.188. The molecule has 0 bridgehead atoms. The van der Waals surface area contributed by atoms with Gasteiger partial charge in [-0.2, -0.15) is 0 Å². The molecule has 2 rings (SSSR count). The first-order chi connectivity index (χ1) is 10.2. The van der Waals surface area contributed by atoms with Crippen LogP contribution in [0.3, 0.4) is 0 Å². The van der Waals surface area contributed by atoms with Crippen LogP contribution < -0.4 is 5.32 Å². The predicted octanol–water partition coefficient (Wildman–Crippen LogP) is 4.59. The lowest BCUT2D eigenvalue weighted by Gasteiger charge is -2.12. The number of hydrogen-bond donors (Lipinski definition) is 1. The fourth-order valence-corrected chi connectivity index (χ4v) is 2.57. The van der Waals surface area contributed by atoms with Gasteiger partial charge in [-0.05, 0) is 29.8 Å². The summed E-state index contributed by atoms with van der Waals surface area (Å²) in [5, 5.41) is 2.91. The normalized spacial score (nSPS) is 10.4. The molecule has 0 aliphatic carbocycles. The molecule has 110 valence electrons. The van der Waals surface area contributed by atoms with Crippen LogP contribution in [0.25, 0.3) is 0 Å². The summed E-state index contributed by atoms with van der Waals surface area (Å²) in [6.07, 6.45) is 0. The minimum atomic E-state index is -0.161. The summed E-state index contributed by atoms with van der Waals surface area (Å²) in [6, 6.07) is 12.9. The molecule has 0 aromatic heterocycles. The zero-order chi connectivity index (χ0) is 15.2. The van der Waals surface area contributed by atoms with Crippen LogP contribution in [0.1, 0.15) is 21.5 Å². The van der Waals surface area contributed by atoms with Crippen LogP contribution in [0.5, 0.6) is 0 Å². The van der Waals surface area contributed by atoms with Gasteiger partial charge in [0, 0.05) is 34.3 Å². The highest BCUT2D eigenvalue weighted by Gasteiger charge is 2.11. The quantitative estimate of drug-likeness (QED) is 0.784. The van der Waals surface area contributed by atoms with Crippen molar-refractivity contribution in [2.75, 3.05) is 12.4 Å². The average molecular weight is 369 g/mol. The Labute approximate surface area is 137 Å². The molecule has 0 atom stereocenters. The Balaban J connectivity index is 2.20. The van der Waals surface area contributed by atoms with E-state index in [0.717, 1.165) is 21.3 Å². The smallest absolute Gasteiger partial charge is 0.255 e. The van der Waals surface area contributed by atoms with Crippen LogP contribution in [0.15, 0.2) is 46.9 Å². The molecule has 0 aliphatic rings. The van der Waals surface area contributed by atoms with Crippen molar-refractivity contribution in [3.05, 3.63) is 63.6 Å².